The Labute approximate surface area is 146 Å². The first kappa shape index (κ1) is 18.7. The summed E-state index contributed by atoms with van der Waals surface area (Å²) in [6.45, 7) is -0.380. The summed E-state index contributed by atoms with van der Waals surface area (Å²) in [6, 6.07) is 15.1. The number of benzene rings is 2. The van der Waals surface area contributed by atoms with Gasteiger partial charge >= 0.3 is 5.97 Å². The van der Waals surface area contributed by atoms with Crippen LogP contribution in [0.4, 0.5) is 5.69 Å². The van der Waals surface area contributed by atoms with Gasteiger partial charge in [0.1, 0.15) is 0 Å². The quantitative estimate of drug-likeness (QED) is 0.736. The van der Waals surface area contributed by atoms with Crippen molar-refractivity contribution in [3.8, 4) is 0 Å². The zero-order valence-corrected chi connectivity index (χ0v) is 14.8. The number of rotatable bonds is 6. The molecule has 7 heteroatoms. The molecule has 25 heavy (non-hydrogen) atoms. The second kappa shape index (κ2) is 7.94. The SMILES string of the molecule is CN(C(=O)COC(=O)c1ccc(CS(C)(=O)=O)cc1)c1ccccc1. The van der Waals surface area contributed by atoms with Crippen molar-refractivity contribution < 1.29 is 22.7 Å². The van der Waals surface area contributed by atoms with Crippen LogP contribution in [0.5, 0.6) is 0 Å². The summed E-state index contributed by atoms with van der Waals surface area (Å²) >= 11 is 0. The molecule has 0 aliphatic carbocycles. The van der Waals surface area contributed by atoms with E-state index in [1.807, 2.05) is 18.2 Å². The lowest BCUT2D eigenvalue weighted by Gasteiger charge is -2.17. The van der Waals surface area contributed by atoms with Gasteiger partial charge in [0.2, 0.25) is 0 Å². The van der Waals surface area contributed by atoms with Gasteiger partial charge in [0.25, 0.3) is 5.91 Å². The Kier molecular flexibility index (Phi) is 5.93. The van der Waals surface area contributed by atoms with Crippen LogP contribution in [-0.2, 0) is 25.1 Å². The molecule has 0 N–H and O–H groups in total. The summed E-state index contributed by atoms with van der Waals surface area (Å²) in [7, 11) is -1.53. The molecule has 0 heterocycles. The molecule has 2 aromatic carbocycles. The summed E-state index contributed by atoms with van der Waals surface area (Å²) in [5, 5.41) is 0. The van der Waals surface area contributed by atoms with Gasteiger partial charge < -0.3 is 9.64 Å². The Morgan fingerprint density at radius 1 is 1.00 bits per heavy atom. The third kappa shape index (κ3) is 5.72. The second-order valence-corrected chi connectivity index (χ2v) is 7.77. The van der Waals surface area contributed by atoms with E-state index in [0.717, 1.165) is 6.26 Å². The number of ether oxygens (including phenoxy) is 1. The number of sulfone groups is 1. The maximum Gasteiger partial charge on any atom is 0.338 e. The molecule has 0 unspecified atom stereocenters. The highest BCUT2D eigenvalue weighted by Gasteiger charge is 2.15. The molecule has 0 saturated heterocycles. The van der Waals surface area contributed by atoms with Crippen LogP contribution < -0.4 is 4.90 Å². The summed E-state index contributed by atoms with van der Waals surface area (Å²) in [4.78, 5) is 25.5. The molecule has 0 saturated carbocycles. The van der Waals surface area contributed by atoms with Crippen molar-refractivity contribution in [2.75, 3.05) is 24.8 Å². The molecule has 2 rings (SSSR count). The van der Waals surface area contributed by atoms with Gasteiger partial charge in [0.05, 0.1) is 11.3 Å². The van der Waals surface area contributed by atoms with E-state index in [1.165, 1.54) is 17.0 Å². The average Bonchev–Trinajstić information content (AvgIpc) is 2.58. The standard InChI is InChI=1S/C18H19NO5S/c1-19(16-6-4-3-5-7-16)17(20)12-24-18(21)15-10-8-14(9-11-15)13-25(2,22)23/h3-11H,12-13H2,1-2H3. The van der Waals surface area contributed by atoms with E-state index in [1.54, 1.807) is 31.3 Å². The van der Waals surface area contributed by atoms with Crippen LogP contribution in [0.15, 0.2) is 54.6 Å². The first-order valence-electron chi connectivity index (χ1n) is 7.51. The van der Waals surface area contributed by atoms with Gasteiger partial charge in [-0.3, -0.25) is 4.79 Å². The van der Waals surface area contributed by atoms with Crippen LogP contribution in [0.3, 0.4) is 0 Å². The highest BCUT2D eigenvalue weighted by Crippen LogP contribution is 2.12. The van der Waals surface area contributed by atoms with E-state index in [2.05, 4.69) is 0 Å². The largest absolute Gasteiger partial charge is 0.452 e. The Bertz CT molecular complexity index is 845. The zero-order valence-electron chi connectivity index (χ0n) is 14.0. The van der Waals surface area contributed by atoms with E-state index >= 15 is 0 Å². The maximum atomic E-state index is 12.1. The maximum absolute atomic E-state index is 12.1. The van der Waals surface area contributed by atoms with Gasteiger partial charge in [-0.15, -0.1) is 0 Å². The van der Waals surface area contributed by atoms with Crippen molar-refractivity contribution in [1.82, 2.24) is 0 Å². The molecule has 0 spiro atoms. The summed E-state index contributed by atoms with van der Waals surface area (Å²) in [5.74, 6) is -1.09. The Morgan fingerprint density at radius 3 is 2.16 bits per heavy atom. The number of anilines is 1. The molecule has 0 atom stereocenters. The number of likely N-dealkylation sites (N-methyl/N-ethyl adjacent to an activating group) is 1. The molecule has 132 valence electrons. The minimum atomic E-state index is -3.13. The number of nitrogens with zero attached hydrogens (tertiary/aromatic N) is 1. The number of carbonyl (C=O) groups is 2. The molecule has 0 bridgehead atoms. The lowest BCUT2D eigenvalue weighted by Crippen LogP contribution is -2.31. The van der Waals surface area contributed by atoms with Crippen LogP contribution in [0.1, 0.15) is 15.9 Å². The molecule has 0 radical (unpaired) electrons. The van der Waals surface area contributed by atoms with E-state index in [0.29, 0.717) is 11.3 Å². The van der Waals surface area contributed by atoms with Crippen LogP contribution in [0, 0.1) is 0 Å². The van der Waals surface area contributed by atoms with Gasteiger partial charge in [-0.2, -0.15) is 0 Å². The number of esters is 1. The van der Waals surface area contributed by atoms with Crippen LogP contribution in [-0.4, -0.2) is 40.2 Å². The number of hydrogen-bond donors (Lipinski definition) is 0. The van der Waals surface area contributed by atoms with Gasteiger partial charge in [-0.1, -0.05) is 30.3 Å². The smallest absolute Gasteiger partial charge is 0.338 e. The van der Waals surface area contributed by atoms with Gasteiger partial charge in [-0.05, 0) is 29.8 Å². The first-order valence-corrected chi connectivity index (χ1v) is 9.58. The normalized spacial score (nSPS) is 11.0. The fourth-order valence-corrected chi connectivity index (χ4v) is 2.94. The third-order valence-electron chi connectivity index (χ3n) is 3.46. The fraction of sp³-hybridized carbons (Fsp3) is 0.222. The topological polar surface area (TPSA) is 80.8 Å². The molecule has 1 amide bonds. The Hall–Kier alpha value is -2.67. The van der Waals surface area contributed by atoms with Crippen LogP contribution in [0.2, 0.25) is 0 Å². The minimum Gasteiger partial charge on any atom is -0.452 e. The third-order valence-corrected chi connectivity index (χ3v) is 4.32. The predicted octanol–water partition coefficient (Wildman–Crippen LogP) is 2.05. The van der Waals surface area contributed by atoms with Crippen molar-refractivity contribution in [3.63, 3.8) is 0 Å². The van der Waals surface area contributed by atoms with E-state index < -0.39 is 15.8 Å². The van der Waals surface area contributed by atoms with Crippen LogP contribution >= 0.6 is 0 Å². The lowest BCUT2D eigenvalue weighted by atomic mass is 10.1. The molecule has 6 nitrogen and oxygen atoms in total. The van der Waals surface area contributed by atoms with Crippen molar-refractivity contribution in [2.24, 2.45) is 0 Å². The van der Waals surface area contributed by atoms with Gasteiger partial charge in [-0.25, -0.2) is 13.2 Å². The summed E-state index contributed by atoms with van der Waals surface area (Å²) in [5.41, 5.74) is 1.54. The number of hydrogen-bond acceptors (Lipinski definition) is 5. The van der Waals surface area contributed by atoms with Crippen molar-refractivity contribution >= 4 is 27.4 Å². The molecular weight excluding hydrogens is 342 g/mol. The summed E-state index contributed by atoms with van der Waals surface area (Å²) < 4.78 is 27.5. The Morgan fingerprint density at radius 2 is 1.60 bits per heavy atom. The number of carbonyl (C=O) groups excluding carboxylic acids is 2. The highest BCUT2D eigenvalue weighted by molar-refractivity contribution is 7.89. The second-order valence-electron chi connectivity index (χ2n) is 5.63. The minimum absolute atomic E-state index is 0.0946. The molecule has 0 aliphatic rings. The lowest BCUT2D eigenvalue weighted by molar-refractivity contribution is -0.121. The first-order chi connectivity index (χ1) is 11.8. The Balaban J connectivity index is 1.92. The van der Waals surface area contributed by atoms with Gasteiger partial charge in [0, 0.05) is 19.0 Å². The van der Waals surface area contributed by atoms with E-state index in [9.17, 15) is 18.0 Å². The molecular formula is C18H19NO5S. The number of amides is 1. The van der Waals surface area contributed by atoms with E-state index in [4.69, 9.17) is 4.74 Å². The fourth-order valence-electron chi connectivity index (χ4n) is 2.14. The van der Waals surface area contributed by atoms with E-state index in [-0.39, 0.29) is 23.8 Å². The van der Waals surface area contributed by atoms with Gasteiger partial charge in [0.15, 0.2) is 16.4 Å². The highest BCUT2D eigenvalue weighted by atomic mass is 32.2. The predicted molar refractivity (Wildman–Crippen MR) is 95.1 cm³/mol. The molecule has 0 aliphatic heterocycles. The molecule has 2 aromatic rings. The zero-order chi connectivity index (χ0) is 18.4. The summed E-state index contributed by atoms with van der Waals surface area (Å²) in [6.07, 6.45) is 1.14. The molecule has 0 fully saturated rings. The average molecular weight is 361 g/mol. The number of para-hydroxylation sites is 1. The monoisotopic (exact) mass is 361 g/mol. The van der Waals surface area contributed by atoms with Crippen molar-refractivity contribution in [2.45, 2.75) is 5.75 Å². The van der Waals surface area contributed by atoms with Crippen molar-refractivity contribution in [3.05, 3.63) is 65.7 Å². The molecule has 0 aromatic heterocycles. The van der Waals surface area contributed by atoms with Crippen molar-refractivity contribution in [1.29, 1.82) is 0 Å². The van der Waals surface area contributed by atoms with Crippen LogP contribution in [0.25, 0.3) is 0 Å².